The van der Waals surface area contributed by atoms with E-state index in [1.54, 1.807) is 13.8 Å². The van der Waals surface area contributed by atoms with Gasteiger partial charge in [0, 0.05) is 6.61 Å². The standard InChI is InChI=1S/C26H46O13/c1-14(2)8-24(4,34)6-7-25(5,35)9-15(3)11-36-12-17-18(29)20(31)21(32)23(37-17)39-26(13-28)22(33)19(30)16(10-27)38-26/h14-23,27-35H,8-13H2,1-5H3/t15?,16-,17-,18-,19-,20+,21-,22+,23-,24?,25?,26+/m1/s1. The smallest absolute Gasteiger partial charge is 0.224 e. The Morgan fingerprint density at radius 2 is 1.44 bits per heavy atom. The van der Waals surface area contributed by atoms with Gasteiger partial charge in [-0.1, -0.05) is 32.6 Å². The van der Waals surface area contributed by atoms with Crippen molar-refractivity contribution in [3.05, 3.63) is 0 Å². The molecular weight excluding hydrogens is 520 g/mol. The van der Waals surface area contributed by atoms with Gasteiger partial charge in [0.25, 0.3) is 0 Å². The molecule has 2 rings (SSSR count). The van der Waals surface area contributed by atoms with Gasteiger partial charge in [-0.2, -0.15) is 0 Å². The van der Waals surface area contributed by atoms with E-state index in [1.165, 1.54) is 6.92 Å². The lowest BCUT2D eigenvalue weighted by molar-refractivity contribution is -0.384. The first-order valence-electron chi connectivity index (χ1n) is 13.2. The van der Waals surface area contributed by atoms with Crippen LogP contribution >= 0.6 is 0 Å². The van der Waals surface area contributed by atoms with Crippen LogP contribution in [0.15, 0.2) is 0 Å². The molecule has 2 aliphatic rings. The lowest BCUT2D eigenvalue weighted by atomic mass is 9.90. The fraction of sp³-hybridized carbons (Fsp3) is 0.923. The van der Waals surface area contributed by atoms with Crippen molar-refractivity contribution in [3.8, 4) is 11.8 Å². The minimum atomic E-state index is -2.27. The van der Waals surface area contributed by atoms with E-state index in [2.05, 4.69) is 11.8 Å². The largest absolute Gasteiger partial charge is 0.394 e. The molecule has 0 bridgehead atoms. The Hall–Kier alpha value is -0.960. The van der Waals surface area contributed by atoms with E-state index in [9.17, 15) is 46.0 Å². The third-order valence-corrected chi connectivity index (χ3v) is 6.73. The Kier molecular flexibility index (Phi) is 12.1. The lowest BCUT2D eigenvalue weighted by Crippen LogP contribution is -2.62. The predicted octanol–water partition coefficient (Wildman–Crippen LogP) is -2.79. The average Bonchev–Trinajstić information content (AvgIpc) is 3.08. The van der Waals surface area contributed by atoms with E-state index in [4.69, 9.17) is 18.9 Å². The zero-order chi connectivity index (χ0) is 29.8. The quantitative estimate of drug-likeness (QED) is 0.109. The summed E-state index contributed by atoms with van der Waals surface area (Å²) >= 11 is 0. The molecule has 13 heteroatoms. The molecule has 39 heavy (non-hydrogen) atoms. The monoisotopic (exact) mass is 566 g/mol. The Morgan fingerprint density at radius 1 is 0.846 bits per heavy atom. The second-order valence-electron chi connectivity index (χ2n) is 11.6. The molecule has 228 valence electrons. The summed E-state index contributed by atoms with van der Waals surface area (Å²) < 4.78 is 22.0. The summed E-state index contributed by atoms with van der Waals surface area (Å²) in [6.45, 7) is 7.01. The van der Waals surface area contributed by atoms with Crippen molar-refractivity contribution in [1.29, 1.82) is 0 Å². The fourth-order valence-electron chi connectivity index (χ4n) is 4.91. The van der Waals surface area contributed by atoms with E-state index in [0.717, 1.165) is 0 Å². The number of aliphatic hydroxyl groups excluding tert-OH is 7. The summed E-state index contributed by atoms with van der Waals surface area (Å²) in [6.07, 6.45) is -12.1. The SMILES string of the molecule is CC(C)CC(C)(O)C#CC(C)(O)CC(C)COC[C@H]1O[C@H](O[C@]2(CO)O[C@H](CO)[C@@H](O)[C@@H]2O)[C@H](O)[C@@H](O)[C@@H]1O. The predicted molar refractivity (Wildman–Crippen MR) is 135 cm³/mol. The molecule has 13 nitrogen and oxygen atoms in total. The number of aliphatic hydroxyl groups is 9. The van der Waals surface area contributed by atoms with Crippen LogP contribution in [-0.4, -0.2) is 138 Å². The van der Waals surface area contributed by atoms with Gasteiger partial charge in [0.2, 0.25) is 5.79 Å². The Labute approximate surface area is 228 Å². The molecule has 2 fully saturated rings. The topological polar surface area (TPSA) is 219 Å². The number of rotatable bonds is 12. The lowest BCUT2D eigenvalue weighted by Gasteiger charge is -2.43. The van der Waals surface area contributed by atoms with Gasteiger partial charge in [-0.25, -0.2) is 0 Å². The Balaban J connectivity index is 1.97. The van der Waals surface area contributed by atoms with Crippen LogP contribution in [0.2, 0.25) is 0 Å². The molecule has 0 amide bonds. The van der Waals surface area contributed by atoms with E-state index in [-0.39, 0.29) is 31.5 Å². The second-order valence-corrected chi connectivity index (χ2v) is 11.6. The molecule has 0 aliphatic carbocycles. The number of hydrogen-bond donors (Lipinski definition) is 9. The first-order chi connectivity index (χ1) is 18.0. The van der Waals surface area contributed by atoms with Gasteiger partial charge in [-0.3, -0.25) is 0 Å². The molecule has 3 unspecified atom stereocenters. The Bertz CT molecular complexity index is 824. The highest BCUT2D eigenvalue weighted by Gasteiger charge is 2.58. The van der Waals surface area contributed by atoms with E-state index < -0.39 is 79.2 Å². The van der Waals surface area contributed by atoms with Crippen LogP contribution in [0.5, 0.6) is 0 Å². The average molecular weight is 567 g/mol. The van der Waals surface area contributed by atoms with Crippen molar-refractivity contribution in [2.75, 3.05) is 26.4 Å². The first kappa shape index (κ1) is 34.2. The number of hydrogen-bond acceptors (Lipinski definition) is 13. The molecule has 0 spiro atoms. The molecule has 0 aromatic heterocycles. The summed E-state index contributed by atoms with van der Waals surface area (Å²) in [7, 11) is 0. The van der Waals surface area contributed by atoms with Crippen molar-refractivity contribution in [3.63, 3.8) is 0 Å². The highest BCUT2D eigenvalue weighted by molar-refractivity contribution is 5.19. The third-order valence-electron chi connectivity index (χ3n) is 6.73. The fourth-order valence-corrected chi connectivity index (χ4v) is 4.91. The molecule has 0 saturated carbocycles. The Morgan fingerprint density at radius 3 is 1.95 bits per heavy atom. The van der Waals surface area contributed by atoms with Gasteiger partial charge in [0.15, 0.2) is 6.29 Å². The maximum Gasteiger partial charge on any atom is 0.224 e. The van der Waals surface area contributed by atoms with Gasteiger partial charge < -0.3 is 64.9 Å². The van der Waals surface area contributed by atoms with Crippen LogP contribution in [-0.2, 0) is 18.9 Å². The minimum Gasteiger partial charge on any atom is -0.394 e. The molecule has 9 N–H and O–H groups in total. The molecule has 12 atom stereocenters. The highest BCUT2D eigenvalue weighted by Crippen LogP contribution is 2.36. The summed E-state index contributed by atoms with van der Waals surface area (Å²) in [6, 6.07) is 0. The van der Waals surface area contributed by atoms with Crippen LogP contribution in [0.4, 0.5) is 0 Å². The summed E-state index contributed by atoms with van der Waals surface area (Å²) in [5, 5.41) is 91.7. The molecular formula is C26H46O13. The van der Waals surface area contributed by atoms with Crippen LogP contribution in [0, 0.1) is 23.7 Å². The van der Waals surface area contributed by atoms with E-state index >= 15 is 0 Å². The molecule has 2 aliphatic heterocycles. The van der Waals surface area contributed by atoms with Gasteiger partial charge in [-0.05, 0) is 38.5 Å². The van der Waals surface area contributed by atoms with Crippen LogP contribution in [0.1, 0.15) is 47.5 Å². The van der Waals surface area contributed by atoms with Crippen molar-refractivity contribution in [2.24, 2.45) is 11.8 Å². The van der Waals surface area contributed by atoms with Crippen LogP contribution in [0.25, 0.3) is 0 Å². The normalized spacial score (nSPS) is 39.1. The zero-order valence-corrected chi connectivity index (χ0v) is 23.2. The third kappa shape index (κ3) is 9.01. The first-order valence-corrected chi connectivity index (χ1v) is 13.2. The molecule has 0 aromatic carbocycles. The molecule has 2 saturated heterocycles. The maximum atomic E-state index is 10.7. The summed E-state index contributed by atoms with van der Waals surface area (Å²) in [5.41, 5.74) is -2.64. The van der Waals surface area contributed by atoms with Crippen LogP contribution < -0.4 is 0 Å². The van der Waals surface area contributed by atoms with Crippen molar-refractivity contribution >= 4 is 0 Å². The van der Waals surface area contributed by atoms with Gasteiger partial charge >= 0.3 is 0 Å². The van der Waals surface area contributed by atoms with E-state index in [0.29, 0.717) is 6.42 Å². The van der Waals surface area contributed by atoms with Gasteiger partial charge in [0.1, 0.15) is 60.5 Å². The summed E-state index contributed by atoms with van der Waals surface area (Å²) in [5.74, 6) is 3.20. The van der Waals surface area contributed by atoms with Crippen molar-refractivity contribution in [1.82, 2.24) is 0 Å². The molecule has 2 heterocycles. The minimum absolute atomic E-state index is 0.101. The van der Waals surface area contributed by atoms with E-state index in [1.807, 2.05) is 13.8 Å². The van der Waals surface area contributed by atoms with Gasteiger partial charge in [0.05, 0.1) is 13.2 Å². The number of ether oxygens (including phenoxy) is 4. The van der Waals surface area contributed by atoms with Crippen molar-refractivity contribution < 1.29 is 64.9 Å². The molecule has 0 aromatic rings. The maximum absolute atomic E-state index is 10.7. The molecule has 0 radical (unpaired) electrons. The van der Waals surface area contributed by atoms with Crippen LogP contribution in [0.3, 0.4) is 0 Å². The van der Waals surface area contributed by atoms with Crippen molar-refractivity contribution in [2.45, 2.75) is 113 Å². The second kappa shape index (κ2) is 13.8. The highest BCUT2D eigenvalue weighted by atomic mass is 16.8. The zero-order valence-electron chi connectivity index (χ0n) is 23.2. The van der Waals surface area contributed by atoms with Gasteiger partial charge in [-0.15, -0.1) is 0 Å². The summed E-state index contributed by atoms with van der Waals surface area (Å²) in [4.78, 5) is 0.